The van der Waals surface area contributed by atoms with Crippen molar-refractivity contribution in [1.82, 2.24) is 4.98 Å². The molecule has 0 spiro atoms. The van der Waals surface area contributed by atoms with Gasteiger partial charge in [-0.3, -0.25) is 4.79 Å². The van der Waals surface area contributed by atoms with Crippen LogP contribution in [0.2, 0.25) is 0 Å². The lowest BCUT2D eigenvalue weighted by Gasteiger charge is -2.05. The van der Waals surface area contributed by atoms with E-state index in [1.807, 2.05) is 0 Å². The van der Waals surface area contributed by atoms with Crippen molar-refractivity contribution >= 4 is 15.9 Å². The maximum absolute atomic E-state index is 11.1. The van der Waals surface area contributed by atoms with Crippen LogP contribution in [0.15, 0.2) is 21.5 Å². The van der Waals surface area contributed by atoms with Crippen LogP contribution in [-0.4, -0.2) is 11.6 Å². The quantitative estimate of drug-likeness (QED) is 0.828. The predicted molar refractivity (Wildman–Crippen MR) is 55.2 cm³/mol. The highest BCUT2D eigenvalue weighted by atomic mass is 79.9. The molecule has 0 aliphatic carbocycles. The molecule has 1 aromatic heterocycles. The number of hydrogen-bond donors (Lipinski definition) is 1. The summed E-state index contributed by atoms with van der Waals surface area (Å²) in [6.07, 6.45) is 3.66. The average molecular weight is 246 g/mol. The summed E-state index contributed by atoms with van der Waals surface area (Å²) in [6.45, 7) is 2.74. The third-order valence-electron chi connectivity index (χ3n) is 1.62. The van der Waals surface area contributed by atoms with Gasteiger partial charge in [-0.2, -0.15) is 0 Å². The van der Waals surface area contributed by atoms with Gasteiger partial charge in [0.25, 0.3) is 5.56 Å². The summed E-state index contributed by atoms with van der Waals surface area (Å²) in [4.78, 5) is 13.6. The van der Waals surface area contributed by atoms with Gasteiger partial charge in [-0.05, 0) is 28.4 Å². The van der Waals surface area contributed by atoms with Crippen LogP contribution in [-0.2, 0) is 0 Å². The minimum atomic E-state index is -0.158. The third-order valence-corrected chi connectivity index (χ3v) is 2.37. The number of aromatic nitrogens is 1. The molecule has 0 aliphatic heterocycles. The highest BCUT2D eigenvalue weighted by molar-refractivity contribution is 9.10. The molecular formula is C9H12BrNO2. The van der Waals surface area contributed by atoms with E-state index in [1.165, 1.54) is 0 Å². The summed E-state index contributed by atoms with van der Waals surface area (Å²) in [5.74, 6) is 0.609. The van der Waals surface area contributed by atoms with Gasteiger partial charge >= 0.3 is 0 Å². The van der Waals surface area contributed by atoms with Crippen molar-refractivity contribution in [3.05, 3.63) is 27.1 Å². The summed E-state index contributed by atoms with van der Waals surface area (Å²) in [5, 5.41) is 0. The summed E-state index contributed by atoms with van der Waals surface area (Å²) in [5.41, 5.74) is -0.158. The predicted octanol–water partition coefficient (Wildman–Crippen LogP) is 2.32. The van der Waals surface area contributed by atoms with Crippen LogP contribution in [0.1, 0.15) is 19.8 Å². The lowest BCUT2D eigenvalue weighted by atomic mass is 10.3. The number of ether oxygens (including phenoxy) is 1. The van der Waals surface area contributed by atoms with E-state index >= 15 is 0 Å². The molecule has 0 fully saturated rings. The third kappa shape index (κ3) is 2.88. The second kappa shape index (κ2) is 5.07. The zero-order valence-electron chi connectivity index (χ0n) is 7.47. The van der Waals surface area contributed by atoms with E-state index in [-0.39, 0.29) is 5.56 Å². The lowest BCUT2D eigenvalue weighted by Crippen LogP contribution is -2.08. The van der Waals surface area contributed by atoms with Gasteiger partial charge in [-0.25, -0.2) is 0 Å². The molecule has 0 aliphatic rings. The summed E-state index contributed by atoms with van der Waals surface area (Å²) >= 11 is 3.16. The Morgan fingerprint density at radius 3 is 3.08 bits per heavy atom. The Kier molecular flexibility index (Phi) is 4.02. The molecule has 0 unspecified atom stereocenters. The Morgan fingerprint density at radius 2 is 2.38 bits per heavy atom. The highest BCUT2D eigenvalue weighted by Crippen LogP contribution is 2.19. The lowest BCUT2D eigenvalue weighted by molar-refractivity contribution is 0.307. The van der Waals surface area contributed by atoms with Gasteiger partial charge in [0, 0.05) is 6.20 Å². The van der Waals surface area contributed by atoms with Crippen molar-refractivity contribution in [3.63, 3.8) is 0 Å². The minimum absolute atomic E-state index is 0.158. The molecule has 4 heteroatoms. The van der Waals surface area contributed by atoms with Crippen molar-refractivity contribution in [1.29, 1.82) is 0 Å². The molecule has 0 aromatic carbocycles. The first kappa shape index (κ1) is 10.3. The summed E-state index contributed by atoms with van der Waals surface area (Å²) in [7, 11) is 0. The van der Waals surface area contributed by atoms with Crippen molar-refractivity contribution in [2.24, 2.45) is 0 Å². The molecular weight excluding hydrogens is 234 g/mol. The van der Waals surface area contributed by atoms with Crippen LogP contribution in [0.3, 0.4) is 0 Å². The van der Waals surface area contributed by atoms with E-state index in [2.05, 4.69) is 27.8 Å². The number of halogens is 1. The number of H-pyrrole nitrogens is 1. The van der Waals surface area contributed by atoms with Crippen LogP contribution in [0, 0.1) is 0 Å². The molecule has 0 saturated heterocycles. The second-order valence-electron chi connectivity index (χ2n) is 2.69. The van der Waals surface area contributed by atoms with Gasteiger partial charge in [-0.15, -0.1) is 0 Å². The SMILES string of the molecule is CCCCOc1cc[nH]c(=O)c1Br. The highest BCUT2D eigenvalue weighted by Gasteiger charge is 2.03. The zero-order valence-corrected chi connectivity index (χ0v) is 9.06. The van der Waals surface area contributed by atoms with E-state index in [4.69, 9.17) is 4.74 Å². The van der Waals surface area contributed by atoms with Crippen molar-refractivity contribution in [3.8, 4) is 5.75 Å². The first-order valence-electron chi connectivity index (χ1n) is 4.25. The van der Waals surface area contributed by atoms with Crippen molar-refractivity contribution in [2.45, 2.75) is 19.8 Å². The number of unbranched alkanes of at least 4 members (excludes halogenated alkanes) is 1. The number of aromatic amines is 1. The monoisotopic (exact) mass is 245 g/mol. The maximum Gasteiger partial charge on any atom is 0.266 e. The molecule has 1 rings (SSSR count). The zero-order chi connectivity index (χ0) is 9.68. The fourth-order valence-corrected chi connectivity index (χ4v) is 1.24. The average Bonchev–Trinajstić information content (AvgIpc) is 2.13. The number of hydrogen-bond acceptors (Lipinski definition) is 2. The smallest absolute Gasteiger partial charge is 0.266 e. The molecule has 13 heavy (non-hydrogen) atoms. The molecule has 3 nitrogen and oxygen atoms in total. The van der Waals surface area contributed by atoms with Crippen LogP contribution < -0.4 is 10.3 Å². The van der Waals surface area contributed by atoms with Gasteiger partial charge in [0.05, 0.1) is 6.61 Å². The molecule has 0 atom stereocenters. The summed E-state index contributed by atoms with van der Waals surface area (Å²) in [6, 6.07) is 1.74. The largest absolute Gasteiger partial charge is 0.492 e. The number of rotatable bonds is 4. The Bertz CT molecular complexity index is 322. The second-order valence-corrected chi connectivity index (χ2v) is 3.48. The molecule has 1 heterocycles. The molecule has 1 aromatic rings. The van der Waals surface area contributed by atoms with Gasteiger partial charge in [-0.1, -0.05) is 13.3 Å². The molecule has 0 bridgehead atoms. The van der Waals surface area contributed by atoms with Crippen molar-refractivity contribution in [2.75, 3.05) is 6.61 Å². The first-order valence-corrected chi connectivity index (χ1v) is 5.05. The maximum atomic E-state index is 11.1. The fourth-order valence-electron chi connectivity index (χ4n) is 0.879. The van der Waals surface area contributed by atoms with E-state index in [1.54, 1.807) is 12.3 Å². The van der Waals surface area contributed by atoms with Crippen LogP contribution in [0.4, 0.5) is 0 Å². The van der Waals surface area contributed by atoms with Crippen LogP contribution in [0.5, 0.6) is 5.75 Å². The van der Waals surface area contributed by atoms with Gasteiger partial charge < -0.3 is 9.72 Å². The Morgan fingerprint density at radius 1 is 1.62 bits per heavy atom. The van der Waals surface area contributed by atoms with E-state index in [9.17, 15) is 4.79 Å². The van der Waals surface area contributed by atoms with E-state index < -0.39 is 0 Å². The molecule has 1 N–H and O–H groups in total. The summed E-state index contributed by atoms with van der Waals surface area (Å²) < 4.78 is 5.86. The van der Waals surface area contributed by atoms with E-state index in [0.29, 0.717) is 16.8 Å². The first-order chi connectivity index (χ1) is 6.25. The normalized spacial score (nSPS) is 10.0. The van der Waals surface area contributed by atoms with Gasteiger partial charge in [0.1, 0.15) is 10.2 Å². The molecule has 0 amide bonds. The Hall–Kier alpha value is -0.770. The standard InChI is InChI=1S/C9H12BrNO2/c1-2-3-6-13-7-4-5-11-9(12)8(7)10/h4-5H,2-3,6H2,1H3,(H,11,12). The molecule has 0 radical (unpaired) electrons. The fraction of sp³-hybridized carbons (Fsp3) is 0.444. The van der Waals surface area contributed by atoms with E-state index in [0.717, 1.165) is 12.8 Å². The van der Waals surface area contributed by atoms with Gasteiger partial charge in [0.2, 0.25) is 0 Å². The topological polar surface area (TPSA) is 42.1 Å². The number of pyridine rings is 1. The number of nitrogens with one attached hydrogen (secondary N) is 1. The molecule has 72 valence electrons. The van der Waals surface area contributed by atoms with Crippen LogP contribution in [0.25, 0.3) is 0 Å². The molecule has 0 saturated carbocycles. The van der Waals surface area contributed by atoms with Gasteiger partial charge in [0.15, 0.2) is 0 Å². The van der Waals surface area contributed by atoms with Crippen LogP contribution >= 0.6 is 15.9 Å². The minimum Gasteiger partial charge on any atom is -0.492 e. The Labute approximate surface area is 85.3 Å². The van der Waals surface area contributed by atoms with Crippen molar-refractivity contribution < 1.29 is 4.74 Å². The Balaban J connectivity index is 2.66.